The molecule has 0 amide bonds. The third-order valence-electron chi connectivity index (χ3n) is 2.01. The number of carbonyl (C=O) groups is 1. The maximum atomic E-state index is 11.1. The zero-order chi connectivity index (χ0) is 13.4. The second-order valence-corrected chi connectivity index (χ2v) is 4.26. The number of ether oxygens (including phenoxy) is 2. The summed E-state index contributed by atoms with van der Waals surface area (Å²) < 4.78 is 9.85. The topological polar surface area (TPSA) is 73.3 Å². The van der Waals surface area contributed by atoms with E-state index in [4.69, 9.17) is 4.74 Å². The molecule has 0 aliphatic rings. The van der Waals surface area contributed by atoms with E-state index in [-0.39, 0.29) is 11.7 Å². The van der Waals surface area contributed by atoms with Crippen molar-refractivity contribution in [2.45, 2.75) is 18.6 Å². The molecular weight excluding hydrogens is 254 g/mol. The standard InChI is InChI=1S/C11H17N3O3S/c1-4-17-6-9-13-8(12-2)5-10(14-9)18-7-11(15)16-3/h5H,4,6-7H2,1-3H3,(H,12,13,14). The fraction of sp³-hybridized carbons (Fsp3) is 0.545. The average Bonchev–Trinajstić information content (AvgIpc) is 2.42. The maximum absolute atomic E-state index is 11.1. The van der Waals surface area contributed by atoms with Crippen LogP contribution >= 0.6 is 11.8 Å². The second kappa shape index (κ2) is 7.88. The van der Waals surface area contributed by atoms with Crippen molar-refractivity contribution < 1.29 is 14.3 Å². The Labute approximate surface area is 110 Å². The first kappa shape index (κ1) is 14.7. The van der Waals surface area contributed by atoms with Crippen LogP contribution in [0, 0.1) is 0 Å². The van der Waals surface area contributed by atoms with Crippen LogP contribution in [0.15, 0.2) is 11.1 Å². The van der Waals surface area contributed by atoms with E-state index in [0.29, 0.717) is 24.9 Å². The van der Waals surface area contributed by atoms with E-state index in [1.165, 1.54) is 18.9 Å². The molecule has 18 heavy (non-hydrogen) atoms. The first-order valence-corrected chi connectivity index (χ1v) is 6.51. The summed E-state index contributed by atoms with van der Waals surface area (Å²) in [5.41, 5.74) is 0. The Balaban J connectivity index is 2.73. The Morgan fingerprint density at radius 3 is 2.89 bits per heavy atom. The normalized spacial score (nSPS) is 10.2. The van der Waals surface area contributed by atoms with Crippen LogP contribution in [-0.4, -0.2) is 42.5 Å². The van der Waals surface area contributed by atoms with Crippen LogP contribution in [0.25, 0.3) is 0 Å². The molecule has 0 spiro atoms. The molecule has 0 saturated carbocycles. The highest BCUT2D eigenvalue weighted by atomic mass is 32.2. The lowest BCUT2D eigenvalue weighted by Crippen LogP contribution is -2.06. The number of nitrogens with zero attached hydrogens (tertiary/aromatic N) is 2. The Kier molecular flexibility index (Phi) is 6.45. The van der Waals surface area contributed by atoms with Crippen LogP contribution in [0.5, 0.6) is 0 Å². The van der Waals surface area contributed by atoms with Crippen LogP contribution in [0.4, 0.5) is 5.82 Å². The minimum absolute atomic E-state index is 0.227. The highest BCUT2D eigenvalue weighted by Gasteiger charge is 2.07. The Hall–Kier alpha value is -1.34. The number of esters is 1. The molecule has 0 fully saturated rings. The van der Waals surface area contributed by atoms with Gasteiger partial charge in [0.05, 0.1) is 12.9 Å². The molecule has 1 rings (SSSR count). The first-order valence-electron chi connectivity index (χ1n) is 5.52. The molecular formula is C11H17N3O3S. The van der Waals surface area contributed by atoms with Gasteiger partial charge in [-0.25, -0.2) is 9.97 Å². The van der Waals surface area contributed by atoms with Crippen molar-refractivity contribution in [2.75, 3.05) is 31.8 Å². The zero-order valence-corrected chi connectivity index (χ0v) is 11.5. The van der Waals surface area contributed by atoms with E-state index >= 15 is 0 Å². The summed E-state index contributed by atoms with van der Waals surface area (Å²) in [6, 6.07) is 1.78. The molecule has 0 saturated heterocycles. The molecule has 1 aromatic heterocycles. The highest BCUT2D eigenvalue weighted by Crippen LogP contribution is 2.18. The van der Waals surface area contributed by atoms with Gasteiger partial charge in [-0.1, -0.05) is 11.8 Å². The number of hydrogen-bond acceptors (Lipinski definition) is 7. The minimum atomic E-state index is -0.282. The average molecular weight is 271 g/mol. The molecule has 0 radical (unpaired) electrons. The van der Waals surface area contributed by atoms with Crippen molar-refractivity contribution in [2.24, 2.45) is 0 Å². The summed E-state index contributed by atoms with van der Waals surface area (Å²) in [6.07, 6.45) is 0. The Morgan fingerprint density at radius 1 is 1.50 bits per heavy atom. The predicted molar refractivity (Wildman–Crippen MR) is 69.6 cm³/mol. The summed E-state index contributed by atoms with van der Waals surface area (Å²) in [5.74, 6) is 1.24. The molecule has 0 aliphatic heterocycles. The van der Waals surface area contributed by atoms with Gasteiger partial charge in [0.15, 0.2) is 5.82 Å². The van der Waals surface area contributed by atoms with Gasteiger partial charge in [0.1, 0.15) is 17.5 Å². The molecule has 0 bridgehead atoms. The van der Waals surface area contributed by atoms with Crippen molar-refractivity contribution in [3.8, 4) is 0 Å². The summed E-state index contributed by atoms with van der Waals surface area (Å²) in [6.45, 7) is 2.88. The number of hydrogen-bond donors (Lipinski definition) is 1. The van der Waals surface area contributed by atoms with Gasteiger partial charge in [-0.3, -0.25) is 4.79 Å². The SMILES string of the molecule is CCOCc1nc(NC)cc(SCC(=O)OC)n1. The molecule has 6 nitrogen and oxygen atoms in total. The van der Waals surface area contributed by atoms with Crippen molar-refractivity contribution in [1.29, 1.82) is 0 Å². The van der Waals surface area contributed by atoms with Gasteiger partial charge in [-0.15, -0.1) is 0 Å². The van der Waals surface area contributed by atoms with Crippen LogP contribution in [0.3, 0.4) is 0 Å². The molecule has 1 aromatic rings. The molecule has 0 aromatic carbocycles. The van der Waals surface area contributed by atoms with Crippen molar-refractivity contribution in [3.63, 3.8) is 0 Å². The fourth-order valence-corrected chi connectivity index (χ4v) is 1.87. The largest absolute Gasteiger partial charge is 0.468 e. The lowest BCUT2D eigenvalue weighted by Gasteiger charge is -2.07. The number of anilines is 1. The quantitative estimate of drug-likeness (QED) is 0.455. The van der Waals surface area contributed by atoms with Gasteiger partial charge in [-0.05, 0) is 6.92 Å². The van der Waals surface area contributed by atoms with Crippen LogP contribution < -0.4 is 5.32 Å². The van der Waals surface area contributed by atoms with E-state index in [0.717, 1.165) is 5.03 Å². The number of rotatable bonds is 7. The smallest absolute Gasteiger partial charge is 0.316 e. The summed E-state index contributed by atoms with van der Waals surface area (Å²) >= 11 is 1.31. The van der Waals surface area contributed by atoms with Gasteiger partial charge in [-0.2, -0.15) is 0 Å². The number of aromatic nitrogens is 2. The summed E-state index contributed by atoms with van der Waals surface area (Å²) in [5, 5.41) is 3.67. The Morgan fingerprint density at radius 2 is 2.28 bits per heavy atom. The predicted octanol–water partition coefficient (Wildman–Crippen LogP) is 1.32. The monoisotopic (exact) mass is 271 g/mol. The summed E-state index contributed by atoms with van der Waals surface area (Å²) in [4.78, 5) is 19.6. The van der Waals surface area contributed by atoms with Crippen LogP contribution in [-0.2, 0) is 20.9 Å². The van der Waals surface area contributed by atoms with Gasteiger partial charge in [0, 0.05) is 19.7 Å². The van der Waals surface area contributed by atoms with Crippen molar-refractivity contribution in [3.05, 3.63) is 11.9 Å². The van der Waals surface area contributed by atoms with Gasteiger partial charge >= 0.3 is 5.97 Å². The van der Waals surface area contributed by atoms with Crippen LogP contribution in [0.1, 0.15) is 12.7 Å². The fourth-order valence-electron chi connectivity index (χ4n) is 1.12. The van der Waals surface area contributed by atoms with Crippen LogP contribution in [0.2, 0.25) is 0 Å². The van der Waals surface area contributed by atoms with Gasteiger partial charge < -0.3 is 14.8 Å². The Bertz CT molecular complexity index is 401. The van der Waals surface area contributed by atoms with E-state index < -0.39 is 0 Å². The summed E-state index contributed by atoms with van der Waals surface area (Å²) in [7, 11) is 3.14. The molecule has 0 atom stereocenters. The number of nitrogens with one attached hydrogen (secondary N) is 1. The van der Waals surface area contributed by atoms with Crippen molar-refractivity contribution in [1.82, 2.24) is 9.97 Å². The molecule has 1 heterocycles. The van der Waals surface area contributed by atoms with E-state index in [2.05, 4.69) is 20.0 Å². The third-order valence-corrected chi connectivity index (χ3v) is 2.89. The molecule has 0 aliphatic carbocycles. The van der Waals surface area contributed by atoms with E-state index in [1.54, 1.807) is 13.1 Å². The van der Waals surface area contributed by atoms with Gasteiger partial charge in [0.2, 0.25) is 0 Å². The molecule has 7 heteroatoms. The zero-order valence-electron chi connectivity index (χ0n) is 10.7. The minimum Gasteiger partial charge on any atom is -0.468 e. The lowest BCUT2D eigenvalue weighted by molar-refractivity contribution is -0.137. The first-order chi connectivity index (χ1) is 8.69. The van der Waals surface area contributed by atoms with Crippen molar-refractivity contribution >= 4 is 23.5 Å². The molecule has 0 unspecified atom stereocenters. The second-order valence-electron chi connectivity index (χ2n) is 3.26. The maximum Gasteiger partial charge on any atom is 0.316 e. The van der Waals surface area contributed by atoms with E-state index in [9.17, 15) is 4.79 Å². The van der Waals surface area contributed by atoms with Gasteiger partial charge in [0.25, 0.3) is 0 Å². The van der Waals surface area contributed by atoms with E-state index in [1.807, 2.05) is 6.92 Å². The number of thioether (sulfide) groups is 1. The number of methoxy groups -OCH3 is 1. The molecule has 100 valence electrons. The third kappa shape index (κ3) is 4.89. The molecule has 1 N–H and O–H groups in total. The highest BCUT2D eigenvalue weighted by molar-refractivity contribution is 7.99. The number of carbonyl (C=O) groups excluding carboxylic acids is 1. The lowest BCUT2D eigenvalue weighted by atomic mass is 10.5.